The Bertz CT molecular complexity index is 1540. The van der Waals surface area contributed by atoms with E-state index in [0.717, 1.165) is 28.1 Å². The van der Waals surface area contributed by atoms with Gasteiger partial charge in [0.2, 0.25) is 0 Å². The Morgan fingerprint density at radius 2 is 1.66 bits per heavy atom. The molecule has 1 N–H and O–H groups in total. The number of aromatic nitrogens is 2. The predicted molar refractivity (Wildman–Crippen MR) is 151 cm³/mol. The number of aryl methyl sites for hydroxylation is 1. The van der Waals surface area contributed by atoms with E-state index in [1.165, 1.54) is 5.56 Å². The van der Waals surface area contributed by atoms with E-state index in [2.05, 4.69) is 10.5 Å². The van der Waals surface area contributed by atoms with Crippen molar-refractivity contribution in [2.75, 3.05) is 0 Å². The van der Waals surface area contributed by atoms with E-state index < -0.39 is 0 Å². The van der Waals surface area contributed by atoms with Gasteiger partial charge in [-0.15, -0.1) is 0 Å². The molecule has 1 amide bonds. The molecule has 4 aromatic carbocycles. The third-order valence-corrected chi connectivity index (χ3v) is 6.15. The van der Waals surface area contributed by atoms with Gasteiger partial charge in [0.1, 0.15) is 18.1 Å². The average molecular weight is 521 g/mol. The molecule has 0 saturated carbocycles. The number of carbonyl (C=O) groups excluding carboxylic acids is 1. The summed E-state index contributed by atoms with van der Waals surface area (Å²) >= 11 is 5.92. The summed E-state index contributed by atoms with van der Waals surface area (Å²) in [5, 5.41) is 9.68. The van der Waals surface area contributed by atoms with Crippen molar-refractivity contribution in [1.29, 1.82) is 0 Å². The molecule has 0 bridgehead atoms. The van der Waals surface area contributed by atoms with Crippen LogP contribution in [0, 0.1) is 6.92 Å². The molecule has 0 aliphatic rings. The SMILES string of the molecule is Cc1ccc(-c2nn(-c3ccccc3)cc2/C=N\NC(=O)c2ccc(OCc3ccc(Cl)cc3)cc2)cc1. The standard InChI is InChI=1S/C31H25ClN4O2/c1-22-7-11-24(12-8-22)30-26(20-36(35-30)28-5-3-2-4-6-28)19-33-34-31(37)25-13-17-29(18-14-25)38-21-23-9-15-27(32)16-10-23/h2-20H,21H2,1H3,(H,34,37)/b33-19-. The van der Waals surface area contributed by atoms with E-state index >= 15 is 0 Å². The van der Waals surface area contributed by atoms with Crippen molar-refractivity contribution in [3.8, 4) is 22.7 Å². The quantitative estimate of drug-likeness (QED) is 0.180. The molecule has 0 fully saturated rings. The minimum absolute atomic E-state index is 0.321. The van der Waals surface area contributed by atoms with Crippen molar-refractivity contribution in [1.82, 2.24) is 15.2 Å². The molecule has 1 aromatic heterocycles. The molecule has 0 radical (unpaired) electrons. The Morgan fingerprint density at radius 1 is 0.947 bits per heavy atom. The van der Waals surface area contributed by atoms with Gasteiger partial charge in [-0.05, 0) is 61.0 Å². The maximum Gasteiger partial charge on any atom is 0.271 e. The molecule has 0 aliphatic heterocycles. The van der Waals surface area contributed by atoms with Gasteiger partial charge in [0.05, 0.1) is 11.9 Å². The summed E-state index contributed by atoms with van der Waals surface area (Å²) in [6.45, 7) is 2.45. The van der Waals surface area contributed by atoms with Crippen LogP contribution in [0.3, 0.4) is 0 Å². The lowest BCUT2D eigenvalue weighted by Gasteiger charge is -2.07. The molecule has 0 atom stereocenters. The molecule has 188 valence electrons. The first-order valence-electron chi connectivity index (χ1n) is 12.1. The Hall–Kier alpha value is -4.68. The average Bonchev–Trinajstić information content (AvgIpc) is 3.38. The van der Waals surface area contributed by atoms with Gasteiger partial charge >= 0.3 is 0 Å². The Balaban J connectivity index is 1.27. The number of hydrazone groups is 1. The molecule has 0 unspecified atom stereocenters. The zero-order valence-electron chi connectivity index (χ0n) is 20.7. The van der Waals surface area contributed by atoms with Crippen LogP contribution in [0.4, 0.5) is 0 Å². The largest absolute Gasteiger partial charge is 0.489 e. The Kier molecular flexibility index (Phi) is 7.62. The van der Waals surface area contributed by atoms with Crippen LogP contribution < -0.4 is 10.2 Å². The second kappa shape index (κ2) is 11.6. The van der Waals surface area contributed by atoms with E-state index in [0.29, 0.717) is 22.9 Å². The first-order valence-corrected chi connectivity index (χ1v) is 12.5. The summed E-state index contributed by atoms with van der Waals surface area (Å²) in [5.41, 5.74) is 8.70. The van der Waals surface area contributed by atoms with Crippen LogP contribution in [0.15, 0.2) is 114 Å². The van der Waals surface area contributed by atoms with Crippen LogP contribution in [-0.4, -0.2) is 21.9 Å². The van der Waals surface area contributed by atoms with Gasteiger partial charge in [-0.3, -0.25) is 4.79 Å². The highest BCUT2D eigenvalue weighted by atomic mass is 35.5. The lowest BCUT2D eigenvalue weighted by molar-refractivity contribution is 0.0955. The van der Waals surface area contributed by atoms with E-state index in [1.54, 1.807) is 35.2 Å². The highest BCUT2D eigenvalue weighted by Crippen LogP contribution is 2.23. The third-order valence-electron chi connectivity index (χ3n) is 5.89. The van der Waals surface area contributed by atoms with Crippen molar-refractivity contribution in [2.24, 2.45) is 5.10 Å². The number of benzene rings is 4. The summed E-state index contributed by atoms with van der Waals surface area (Å²) in [6.07, 6.45) is 3.51. The Morgan fingerprint density at radius 3 is 2.37 bits per heavy atom. The van der Waals surface area contributed by atoms with Crippen molar-refractivity contribution in [2.45, 2.75) is 13.5 Å². The second-order valence-corrected chi connectivity index (χ2v) is 9.15. The number of carbonyl (C=O) groups is 1. The molecule has 0 aliphatic carbocycles. The van der Waals surface area contributed by atoms with Gasteiger partial charge in [-0.2, -0.15) is 10.2 Å². The van der Waals surface area contributed by atoms with Gasteiger partial charge in [0.25, 0.3) is 5.91 Å². The number of para-hydroxylation sites is 1. The van der Waals surface area contributed by atoms with Crippen LogP contribution in [0.25, 0.3) is 16.9 Å². The minimum atomic E-state index is -0.321. The van der Waals surface area contributed by atoms with E-state index in [4.69, 9.17) is 21.4 Å². The number of nitrogens with one attached hydrogen (secondary N) is 1. The van der Waals surface area contributed by atoms with Crippen LogP contribution in [0.1, 0.15) is 27.0 Å². The number of ether oxygens (including phenoxy) is 1. The van der Waals surface area contributed by atoms with E-state index in [9.17, 15) is 4.79 Å². The molecule has 5 rings (SSSR count). The van der Waals surface area contributed by atoms with E-state index in [-0.39, 0.29) is 5.91 Å². The maximum absolute atomic E-state index is 12.7. The predicted octanol–water partition coefficient (Wildman–Crippen LogP) is 6.84. The van der Waals surface area contributed by atoms with E-state index in [1.807, 2.05) is 92.0 Å². The topological polar surface area (TPSA) is 68.5 Å². The van der Waals surface area contributed by atoms with Crippen LogP contribution in [0.5, 0.6) is 5.75 Å². The van der Waals surface area contributed by atoms with Crippen molar-refractivity contribution in [3.63, 3.8) is 0 Å². The molecule has 1 heterocycles. The molecule has 6 nitrogen and oxygen atoms in total. The highest BCUT2D eigenvalue weighted by molar-refractivity contribution is 6.30. The van der Waals surface area contributed by atoms with Crippen molar-refractivity contribution < 1.29 is 9.53 Å². The first-order chi connectivity index (χ1) is 18.5. The molecular weight excluding hydrogens is 496 g/mol. The maximum atomic E-state index is 12.7. The van der Waals surface area contributed by atoms with Crippen molar-refractivity contribution in [3.05, 3.63) is 137 Å². The van der Waals surface area contributed by atoms with Gasteiger partial charge in [-0.1, -0.05) is 71.8 Å². The molecule has 7 heteroatoms. The normalized spacial score (nSPS) is 11.0. The molecular formula is C31H25ClN4O2. The third kappa shape index (κ3) is 6.17. The van der Waals surface area contributed by atoms with Gasteiger partial charge < -0.3 is 4.74 Å². The number of nitrogens with zero attached hydrogens (tertiary/aromatic N) is 3. The smallest absolute Gasteiger partial charge is 0.271 e. The summed E-state index contributed by atoms with van der Waals surface area (Å²) in [6, 6.07) is 32.4. The van der Waals surface area contributed by atoms with Crippen LogP contribution in [-0.2, 0) is 6.61 Å². The van der Waals surface area contributed by atoms with Gasteiger partial charge in [0, 0.05) is 27.9 Å². The fourth-order valence-electron chi connectivity index (χ4n) is 3.81. The first kappa shape index (κ1) is 25.0. The lowest BCUT2D eigenvalue weighted by atomic mass is 10.1. The minimum Gasteiger partial charge on any atom is -0.489 e. The fourth-order valence-corrected chi connectivity index (χ4v) is 3.93. The number of halogens is 1. The molecule has 0 saturated heterocycles. The van der Waals surface area contributed by atoms with Gasteiger partial charge in [-0.25, -0.2) is 10.1 Å². The number of hydrogen-bond donors (Lipinski definition) is 1. The van der Waals surface area contributed by atoms with Crippen molar-refractivity contribution >= 4 is 23.7 Å². The molecule has 5 aromatic rings. The fraction of sp³-hybridized carbons (Fsp3) is 0.0645. The Labute approximate surface area is 226 Å². The summed E-state index contributed by atoms with van der Waals surface area (Å²) in [7, 11) is 0. The number of amides is 1. The number of hydrogen-bond acceptors (Lipinski definition) is 4. The second-order valence-electron chi connectivity index (χ2n) is 8.72. The summed E-state index contributed by atoms with van der Waals surface area (Å²) in [4.78, 5) is 12.7. The van der Waals surface area contributed by atoms with Crippen LogP contribution in [0.2, 0.25) is 5.02 Å². The molecule has 38 heavy (non-hydrogen) atoms. The zero-order chi connectivity index (χ0) is 26.3. The van der Waals surface area contributed by atoms with Gasteiger partial charge in [0.15, 0.2) is 0 Å². The highest BCUT2D eigenvalue weighted by Gasteiger charge is 2.12. The van der Waals surface area contributed by atoms with Crippen LogP contribution >= 0.6 is 11.6 Å². The lowest BCUT2D eigenvalue weighted by Crippen LogP contribution is -2.17. The monoisotopic (exact) mass is 520 g/mol. The summed E-state index contributed by atoms with van der Waals surface area (Å²) < 4.78 is 7.60. The summed E-state index contributed by atoms with van der Waals surface area (Å²) in [5.74, 6) is 0.342. The molecule has 0 spiro atoms. The number of rotatable bonds is 8. The zero-order valence-corrected chi connectivity index (χ0v) is 21.5.